The molecule has 3 aromatic carbocycles. The summed E-state index contributed by atoms with van der Waals surface area (Å²) in [4.78, 5) is 14.0. The third kappa shape index (κ3) is 5.78. The van der Waals surface area contributed by atoms with Crippen LogP contribution in [0.2, 0.25) is 10.0 Å². The predicted molar refractivity (Wildman–Crippen MR) is 156 cm³/mol. The smallest absolute Gasteiger partial charge is 0.250 e. The Morgan fingerprint density at radius 1 is 1.03 bits per heavy atom. The van der Waals surface area contributed by atoms with Crippen LogP contribution in [0.25, 0.3) is 34.1 Å². The molecule has 0 bridgehead atoms. The molecule has 0 spiro atoms. The van der Waals surface area contributed by atoms with Crippen molar-refractivity contribution in [3.63, 3.8) is 0 Å². The SMILES string of the molecule is CCc1ccc(-n2nc3ccc(NC(=S)NC(=O)C=Cc4ccc(-c5cccc(Cl)c5Cl)o4)cc3n2)cc1. The minimum Gasteiger partial charge on any atom is -0.457 e. The van der Waals surface area contributed by atoms with E-state index >= 15 is 0 Å². The highest BCUT2D eigenvalue weighted by atomic mass is 35.5. The van der Waals surface area contributed by atoms with Gasteiger partial charge < -0.3 is 9.73 Å². The zero-order valence-electron chi connectivity index (χ0n) is 20.1. The second-order valence-electron chi connectivity index (χ2n) is 8.29. The van der Waals surface area contributed by atoms with Gasteiger partial charge in [-0.25, -0.2) is 0 Å². The number of anilines is 1. The number of nitrogens with zero attached hydrogens (tertiary/aromatic N) is 3. The average molecular weight is 562 g/mol. The molecule has 0 aliphatic rings. The van der Waals surface area contributed by atoms with Crippen molar-refractivity contribution in [1.29, 1.82) is 0 Å². The van der Waals surface area contributed by atoms with Gasteiger partial charge in [0.05, 0.1) is 15.7 Å². The topological polar surface area (TPSA) is 85.0 Å². The summed E-state index contributed by atoms with van der Waals surface area (Å²) in [5, 5.41) is 15.7. The molecule has 10 heteroatoms. The number of aryl methyl sites for hydroxylation is 1. The Balaban J connectivity index is 1.20. The number of hydrogen-bond donors (Lipinski definition) is 2. The fourth-order valence-electron chi connectivity index (χ4n) is 3.73. The van der Waals surface area contributed by atoms with E-state index in [1.165, 1.54) is 17.7 Å². The summed E-state index contributed by atoms with van der Waals surface area (Å²) in [5.74, 6) is 0.603. The zero-order valence-corrected chi connectivity index (χ0v) is 22.4. The number of amides is 1. The Morgan fingerprint density at radius 2 is 1.82 bits per heavy atom. The number of fused-ring (bicyclic) bond motifs is 1. The third-order valence-corrected chi connectivity index (χ3v) is 6.72. The molecule has 0 radical (unpaired) electrons. The molecule has 5 rings (SSSR count). The van der Waals surface area contributed by atoms with Crippen molar-refractivity contribution in [2.45, 2.75) is 13.3 Å². The van der Waals surface area contributed by atoms with E-state index in [0.29, 0.717) is 38.3 Å². The number of nitrogens with one attached hydrogen (secondary N) is 2. The summed E-state index contributed by atoms with van der Waals surface area (Å²) >= 11 is 17.6. The van der Waals surface area contributed by atoms with Crippen molar-refractivity contribution in [3.8, 4) is 17.0 Å². The number of furan rings is 1. The molecule has 0 fully saturated rings. The van der Waals surface area contributed by atoms with Crippen LogP contribution in [0.5, 0.6) is 0 Å². The number of benzene rings is 3. The first kappa shape index (κ1) is 25.7. The van der Waals surface area contributed by atoms with Gasteiger partial charge in [-0.15, -0.1) is 10.2 Å². The molecular weight excluding hydrogens is 541 g/mol. The summed E-state index contributed by atoms with van der Waals surface area (Å²) in [6.07, 6.45) is 3.84. The van der Waals surface area contributed by atoms with Gasteiger partial charge in [-0.05, 0) is 84.9 Å². The van der Waals surface area contributed by atoms with Gasteiger partial charge in [-0.3, -0.25) is 10.1 Å². The highest BCUT2D eigenvalue weighted by Crippen LogP contribution is 2.34. The van der Waals surface area contributed by atoms with Gasteiger partial charge in [-0.2, -0.15) is 4.80 Å². The molecular formula is C28H21Cl2N5O2S. The van der Waals surface area contributed by atoms with Gasteiger partial charge in [-0.1, -0.05) is 48.3 Å². The van der Waals surface area contributed by atoms with E-state index in [1.807, 2.05) is 30.3 Å². The van der Waals surface area contributed by atoms with Crippen LogP contribution < -0.4 is 10.6 Å². The molecule has 0 unspecified atom stereocenters. The molecule has 0 saturated heterocycles. The first-order valence-corrected chi connectivity index (χ1v) is 12.9. The molecule has 0 saturated carbocycles. The Hall–Kier alpha value is -3.98. The largest absolute Gasteiger partial charge is 0.457 e. The number of rotatable bonds is 6. The number of thiocarbonyl (C=S) groups is 1. The van der Waals surface area contributed by atoms with E-state index in [9.17, 15) is 4.79 Å². The van der Waals surface area contributed by atoms with E-state index in [-0.39, 0.29) is 5.11 Å². The lowest BCUT2D eigenvalue weighted by Gasteiger charge is -2.07. The maximum atomic E-state index is 12.4. The van der Waals surface area contributed by atoms with E-state index in [2.05, 4.69) is 39.9 Å². The Labute approximate surface area is 234 Å². The molecule has 7 nitrogen and oxygen atoms in total. The zero-order chi connectivity index (χ0) is 26.6. The van der Waals surface area contributed by atoms with Gasteiger partial charge in [0.15, 0.2) is 5.11 Å². The number of aromatic nitrogens is 3. The van der Waals surface area contributed by atoms with Gasteiger partial charge in [0.1, 0.15) is 22.6 Å². The van der Waals surface area contributed by atoms with Gasteiger partial charge in [0.2, 0.25) is 5.91 Å². The maximum Gasteiger partial charge on any atom is 0.250 e. The number of halogens is 2. The molecule has 190 valence electrons. The van der Waals surface area contributed by atoms with E-state index in [0.717, 1.165) is 17.6 Å². The van der Waals surface area contributed by atoms with Crippen molar-refractivity contribution in [2.75, 3.05) is 5.32 Å². The monoisotopic (exact) mass is 561 g/mol. The first-order valence-electron chi connectivity index (χ1n) is 11.7. The van der Waals surface area contributed by atoms with Crippen LogP contribution in [0.15, 0.2) is 83.3 Å². The Bertz CT molecular complexity index is 1670. The average Bonchev–Trinajstić information content (AvgIpc) is 3.56. The van der Waals surface area contributed by atoms with Crippen molar-refractivity contribution in [1.82, 2.24) is 20.3 Å². The summed E-state index contributed by atoms with van der Waals surface area (Å²) in [7, 11) is 0. The molecule has 5 aromatic rings. The lowest BCUT2D eigenvalue weighted by atomic mass is 10.2. The highest BCUT2D eigenvalue weighted by molar-refractivity contribution is 7.80. The second-order valence-corrected chi connectivity index (χ2v) is 9.49. The molecule has 1 amide bonds. The minimum atomic E-state index is -0.413. The van der Waals surface area contributed by atoms with Crippen LogP contribution in [-0.2, 0) is 11.2 Å². The lowest BCUT2D eigenvalue weighted by molar-refractivity contribution is -0.115. The first-order chi connectivity index (χ1) is 18.4. The molecule has 0 atom stereocenters. The predicted octanol–water partition coefficient (Wildman–Crippen LogP) is 7.08. The second kappa shape index (κ2) is 11.2. The minimum absolute atomic E-state index is 0.146. The molecule has 38 heavy (non-hydrogen) atoms. The normalized spacial score (nSPS) is 11.2. The van der Waals surface area contributed by atoms with Crippen molar-refractivity contribution < 1.29 is 9.21 Å². The molecule has 0 aliphatic carbocycles. The van der Waals surface area contributed by atoms with Gasteiger partial charge in [0, 0.05) is 17.3 Å². The lowest BCUT2D eigenvalue weighted by Crippen LogP contribution is -2.32. The molecule has 2 aromatic heterocycles. The fourth-order valence-corrected chi connectivity index (χ4v) is 4.34. The van der Waals surface area contributed by atoms with Gasteiger partial charge in [0.25, 0.3) is 0 Å². The quantitative estimate of drug-likeness (QED) is 0.170. The van der Waals surface area contributed by atoms with E-state index in [4.69, 9.17) is 39.8 Å². The van der Waals surface area contributed by atoms with Crippen LogP contribution in [0.1, 0.15) is 18.2 Å². The van der Waals surface area contributed by atoms with Crippen molar-refractivity contribution >= 4 is 69.2 Å². The standard InChI is InChI=1S/C28H21Cl2N5O2S/c1-2-17-6-9-19(10-7-17)35-33-23-13-8-18(16-24(23)34-35)31-28(38)32-26(36)15-12-20-11-14-25(37-20)21-4-3-5-22(29)27(21)30/h3-16H,2H2,1H3,(H2,31,32,36,38). The van der Waals surface area contributed by atoms with Gasteiger partial charge >= 0.3 is 0 Å². The number of hydrogen-bond acceptors (Lipinski definition) is 5. The van der Waals surface area contributed by atoms with Crippen LogP contribution in [0.3, 0.4) is 0 Å². The summed E-state index contributed by atoms with van der Waals surface area (Å²) in [6, 6.07) is 22.4. The number of carbonyl (C=O) groups is 1. The number of carbonyl (C=O) groups excluding carboxylic acids is 1. The Kier molecular flexibility index (Phi) is 7.55. The summed E-state index contributed by atoms with van der Waals surface area (Å²) < 4.78 is 5.77. The maximum absolute atomic E-state index is 12.4. The highest BCUT2D eigenvalue weighted by Gasteiger charge is 2.11. The van der Waals surface area contributed by atoms with Crippen LogP contribution in [0.4, 0.5) is 5.69 Å². The fraction of sp³-hybridized carbons (Fsp3) is 0.0714. The summed E-state index contributed by atoms with van der Waals surface area (Å²) in [5.41, 5.74) is 4.90. The van der Waals surface area contributed by atoms with Crippen molar-refractivity contribution in [2.24, 2.45) is 0 Å². The van der Waals surface area contributed by atoms with Crippen LogP contribution in [0, 0.1) is 0 Å². The van der Waals surface area contributed by atoms with E-state index in [1.54, 1.807) is 35.1 Å². The third-order valence-electron chi connectivity index (χ3n) is 5.69. The van der Waals surface area contributed by atoms with Crippen LogP contribution >= 0.6 is 35.4 Å². The molecule has 2 heterocycles. The summed E-state index contributed by atoms with van der Waals surface area (Å²) in [6.45, 7) is 2.11. The van der Waals surface area contributed by atoms with E-state index < -0.39 is 5.91 Å². The molecule has 0 aliphatic heterocycles. The van der Waals surface area contributed by atoms with Crippen molar-refractivity contribution in [3.05, 3.63) is 100 Å². The molecule has 2 N–H and O–H groups in total. The Morgan fingerprint density at radius 3 is 2.61 bits per heavy atom. The van der Waals surface area contributed by atoms with Crippen LogP contribution in [-0.4, -0.2) is 26.0 Å².